The molecule has 0 aliphatic heterocycles. The Morgan fingerprint density at radius 3 is 2.79 bits per heavy atom. The third-order valence-corrected chi connectivity index (χ3v) is 4.17. The van der Waals surface area contributed by atoms with Crippen molar-refractivity contribution in [2.45, 2.75) is 20.3 Å². The molecule has 19 heavy (non-hydrogen) atoms. The van der Waals surface area contributed by atoms with Gasteiger partial charge in [-0.1, -0.05) is 5.16 Å². The SMILES string of the molecule is Cc1nc(Cc2noc(-c3c(C)nsc3N)n2)cs1. The molecule has 0 aliphatic carbocycles. The molecule has 0 aliphatic rings. The first kappa shape index (κ1) is 12.2. The molecule has 3 heterocycles. The molecule has 8 heteroatoms. The fraction of sp³-hybridized carbons (Fsp3) is 0.273. The molecule has 0 atom stereocenters. The van der Waals surface area contributed by atoms with E-state index in [1.54, 1.807) is 11.3 Å². The van der Waals surface area contributed by atoms with Crippen molar-refractivity contribution in [2.75, 3.05) is 5.73 Å². The van der Waals surface area contributed by atoms with E-state index < -0.39 is 0 Å². The van der Waals surface area contributed by atoms with Crippen molar-refractivity contribution in [1.29, 1.82) is 0 Å². The zero-order valence-corrected chi connectivity index (χ0v) is 12.0. The normalized spacial score (nSPS) is 11.1. The summed E-state index contributed by atoms with van der Waals surface area (Å²) in [6.07, 6.45) is 0.560. The van der Waals surface area contributed by atoms with Crippen molar-refractivity contribution in [3.63, 3.8) is 0 Å². The standard InChI is InChI=1S/C11H11N5OS2/c1-5-9(10(12)19-16-5)11-14-8(15-17-11)3-7-4-18-6(2)13-7/h4H,3,12H2,1-2H3. The van der Waals surface area contributed by atoms with Gasteiger partial charge in [0.15, 0.2) is 5.82 Å². The maximum absolute atomic E-state index is 5.86. The molecular weight excluding hydrogens is 282 g/mol. The van der Waals surface area contributed by atoms with Crippen LogP contribution >= 0.6 is 22.9 Å². The summed E-state index contributed by atoms with van der Waals surface area (Å²) >= 11 is 2.84. The summed E-state index contributed by atoms with van der Waals surface area (Å²) in [6, 6.07) is 0. The molecule has 0 fully saturated rings. The average molecular weight is 293 g/mol. The maximum Gasteiger partial charge on any atom is 0.262 e. The van der Waals surface area contributed by atoms with Gasteiger partial charge in [-0.3, -0.25) is 0 Å². The molecule has 0 aromatic carbocycles. The molecule has 0 amide bonds. The number of nitrogens with zero attached hydrogens (tertiary/aromatic N) is 4. The highest BCUT2D eigenvalue weighted by Crippen LogP contribution is 2.31. The zero-order valence-electron chi connectivity index (χ0n) is 10.4. The molecule has 0 saturated heterocycles. The topological polar surface area (TPSA) is 90.7 Å². The minimum atomic E-state index is 0.422. The molecule has 3 aromatic heterocycles. The van der Waals surface area contributed by atoms with E-state index in [0.717, 1.165) is 22.0 Å². The van der Waals surface area contributed by atoms with E-state index >= 15 is 0 Å². The van der Waals surface area contributed by atoms with Gasteiger partial charge in [0.2, 0.25) is 0 Å². The summed E-state index contributed by atoms with van der Waals surface area (Å²) in [6.45, 7) is 3.84. The van der Waals surface area contributed by atoms with Crippen LogP contribution in [0.5, 0.6) is 0 Å². The van der Waals surface area contributed by atoms with Crippen molar-refractivity contribution < 1.29 is 4.52 Å². The number of rotatable bonds is 3. The van der Waals surface area contributed by atoms with Gasteiger partial charge in [-0.15, -0.1) is 11.3 Å². The molecule has 2 N–H and O–H groups in total. The van der Waals surface area contributed by atoms with E-state index in [4.69, 9.17) is 10.3 Å². The van der Waals surface area contributed by atoms with Crippen LogP contribution in [0.4, 0.5) is 5.00 Å². The first-order chi connectivity index (χ1) is 9.13. The van der Waals surface area contributed by atoms with Crippen molar-refractivity contribution >= 4 is 27.9 Å². The highest BCUT2D eigenvalue weighted by atomic mass is 32.1. The Hall–Kier alpha value is -1.80. The van der Waals surface area contributed by atoms with Crippen LogP contribution in [0.1, 0.15) is 22.2 Å². The van der Waals surface area contributed by atoms with E-state index in [0.29, 0.717) is 23.1 Å². The molecule has 0 radical (unpaired) electrons. The number of aryl methyl sites for hydroxylation is 2. The summed E-state index contributed by atoms with van der Waals surface area (Å²) in [5.41, 5.74) is 8.35. The molecule has 98 valence electrons. The van der Waals surface area contributed by atoms with Crippen LogP contribution in [0.25, 0.3) is 11.5 Å². The van der Waals surface area contributed by atoms with E-state index in [-0.39, 0.29) is 0 Å². The highest BCUT2D eigenvalue weighted by Gasteiger charge is 2.17. The fourth-order valence-corrected chi connectivity index (χ4v) is 2.99. The zero-order chi connectivity index (χ0) is 13.4. The number of hydrogen-bond donors (Lipinski definition) is 1. The third-order valence-electron chi connectivity index (χ3n) is 2.58. The van der Waals surface area contributed by atoms with Gasteiger partial charge in [0.1, 0.15) is 5.00 Å². The van der Waals surface area contributed by atoms with Crippen LogP contribution < -0.4 is 5.73 Å². The lowest BCUT2D eigenvalue weighted by molar-refractivity contribution is 0.423. The lowest BCUT2D eigenvalue weighted by Gasteiger charge is -1.91. The van der Waals surface area contributed by atoms with Gasteiger partial charge in [0.25, 0.3) is 5.89 Å². The predicted octanol–water partition coefficient (Wildman–Crippen LogP) is 2.44. The van der Waals surface area contributed by atoms with Crippen LogP contribution in [0.3, 0.4) is 0 Å². The van der Waals surface area contributed by atoms with Gasteiger partial charge in [0.05, 0.1) is 28.4 Å². The maximum atomic E-state index is 5.86. The summed E-state index contributed by atoms with van der Waals surface area (Å²) in [5, 5.41) is 7.58. The molecule has 0 bridgehead atoms. The lowest BCUT2D eigenvalue weighted by atomic mass is 10.2. The first-order valence-corrected chi connectivity index (χ1v) is 7.24. The largest absolute Gasteiger partial charge is 0.389 e. The summed E-state index contributed by atoms with van der Waals surface area (Å²) in [4.78, 5) is 8.73. The van der Waals surface area contributed by atoms with Crippen molar-refractivity contribution in [3.8, 4) is 11.5 Å². The summed E-state index contributed by atoms with van der Waals surface area (Å²) < 4.78 is 9.42. The molecule has 0 saturated carbocycles. The summed E-state index contributed by atoms with van der Waals surface area (Å²) in [5.74, 6) is 1.02. The second-order valence-corrected chi connectivity index (χ2v) is 5.92. The average Bonchev–Trinajstić information content (AvgIpc) is 3.04. The van der Waals surface area contributed by atoms with Crippen LogP contribution in [0, 0.1) is 13.8 Å². The van der Waals surface area contributed by atoms with Gasteiger partial charge < -0.3 is 10.3 Å². The second kappa shape index (κ2) is 4.71. The van der Waals surface area contributed by atoms with Crippen LogP contribution in [-0.4, -0.2) is 19.5 Å². The minimum Gasteiger partial charge on any atom is -0.389 e. The van der Waals surface area contributed by atoms with Crippen LogP contribution in [-0.2, 0) is 6.42 Å². The number of anilines is 1. The molecule has 3 aromatic rings. The van der Waals surface area contributed by atoms with Gasteiger partial charge in [-0.05, 0) is 25.4 Å². The quantitative estimate of drug-likeness (QED) is 0.797. The van der Waals surface area contributed by atoms with E-state index in [2.05, 4.69) is 19.5 Å². The lowest BCUT2D eigenvalue weighted by Crippen LogP contribution is -1.92. The molecular formula is C11H11N5OS2. The predicted molar refractivity (Wildman–Crippen MR) is 74.2 cm³/mol. The summed E-state index contributed by atoms with van der Waals surface area (Å²) in [7, 11) is 0. The van der Waals surface area contributed by atoms with Crippen molar-refractivity contribution in [2.24, 2.45) is 0 Å². The Bertz CT molecular complexity index is 695. The van der Waals surface area contributed by atoms with Gasteiger partial charge in [-0.25, -0.2) is 4.98 Å². The highest BCUT2D eigenvalue weighted by molar-refractivity contribution is 7.10. The Labute approximate surface area is 117 Å². The molecule has 0 spiro atoms. The molecule has 6 nitrogen and oxygen atoms in total. The molecule has 3 rings (SSSR count). The molecule has 0 unspecified atom stereocenters. The second-order valence-electron chi connectivity index (χ2n) is 4.06. The number of aromatic nitrogens is 4. The number of thiazole rings is 1. The van der Waals surface area contributed by atoms with Crippen molar-refractivity contribution in [3.05, 3.63) is 27.6 Å². The third kappa shape index (κ3) is 2.36. The smallest absolute Gasteiger partial charge is 0.262 e. The minimum absolute atomic E-state index is 0.422. The first-order valence-electron chi connectivity index (χ1n) is 5.59. The van der Waals surface area contributed by atoms with E-state index in [9.17, 15) is 0 Å². The van der Waals surface area contributed by atoms with Crippen LogP contribution in [0.2, 0.25) is 0 Å². The Morgan fingerprint density at radius 1 is 1.32 bits per heavy atom. The fourth-order valence-electron chi connectivity index (χ4n) is 1.73. The monoisotopic (exact) mass is 293 g/mol. The van der Waals surface area contributed by atoms with E-state index in [1.807, 2.05) is 19.2 Å². The van der Waals surface area contributed by atoms with Gasteiger partial charge in [-0.2, -0.15) is 9.36 Å². The Morgan fingerprint density at radius 2 is 2.16 bits per heavy atom. The van der Waals surface area contributed by atoms with Crippen LogP contribution in [0.15, 0.2) is 9.90 Å². The number of nitrogen functional groups attached to an aromatic ring is 1. The van der Waals surface area contributed by atoms with Gasteiger partial charge in [0, 0.05) is 5.38 Å². The Kier molecular flexibility index (Phi) is 3.03. The number of nitrogens with two attached hydrogens (primary N) is 1. The van der Waals surface area contributed by atoms with E-state index in [1.165, 1.54) is 11.5 Å². The van der Waals surface area contributed by atoms with Gasteiger partial charge >= 0.3 is 0 Å². The van der Waals surface area contributed by atoms with Crippen molar-refractivity contribution in [1.82, 2.24) is 19.5 Å². The Balaban J connectivity index is 1.87. The number of hydrogen-bond acceptors (Lipinski definition) is 8.